The number of thiophene rings is 1. The maximum absolute atomic E-state index is 5.09. The summed E-state index contributed by atoms with van der Waals surface area (Å²) in [7, 11) is 0. The Morgan fingerprint density at radius 2 is 0.947 bits per heavy atom. The van der Waals surface area contributed by atoms with Gasteiger partial charge in [0, 0.05) is 66.6 Å². The average Bonchev–Trinajstić information content (AvgIpc) is 3.95. The lowest BCUT2D eigenvalue weighted by Crippen LogP contribution is -2.01. The molecule has 12 rings (SSSR count). The van der Waals surface area contributed by atoms with E-state index in [0.717, 1.165) is 60.3 Å². The van der Waals surface area contributed by atoms with Crippen LogP contribution in [0, 0.1) is 0 Å². The predicted octanol–water partition coefficient (Wildman–Crippen LogP) is 12.2. The van der Waals surface area contributed by atoms with Crippen molar-refractivity contribution < 1.29 is 0 Å². The Bertz CT molecular complexity index is 3460. The van der Waals surface area contributed by atoms with Gasteiger partial charge in [-0.25, -0.2) is 24.9 Å². The number of para-hydroxylation sites is 3. The largest absolute Gasteiger partial charge is 0.309 e. The van der Waals surface area contributed by atoms with Crippen molar-refractivity contribution >= 4 is 75.3 Å². The van der Waals surface area contributed by atoms with E-state index in [-0.39, 0.29) is 0 Å². The van der Waals surface area contributed by atoms with E-state index in [2.05, 4.69) is 117 Å². The molecule has 0 saturated heterocycles. The quantitative estimate of drug-likeness (QED) is 0.175. The highest BCUT2D eigenvalue weighted by molar-refractivity contribution is 7.26. The van der Waals surface area contributed by atoms with Gasteiger partial charge in [-0.2, -0.15) is 0 Å². The average molecular weight is 748 g/mol. The van der Waals surface area contributed by atoms with Gasteiger partial charge in [-0.1, -0.05) is 127 Å². The molecular weight excluding hydrogens is 719 g/mol. The molecule has 57 heavy (non-hydrogen) atoms. The van der Waals surface area contributed by atoms with Crippen LogP contribution in [0.15, 0.2) is 176 Å². The molecule has 0 N–H and O–H groups in total. The van der Waals surface area contributed by atoms with Crippen molar-refractivity contribution in [3.8, 4) is 45.5 Å². The lowest BCUT2D eigenvalue weighted by atomic mass is 10.0. The molecule has 0 bridgehead atoms. The van der Waals surface area contributed by atoms with E-state index in [4.69, 9.17) is 19.9 Å². The molecule has 0 atom stereocenters. The minimum atomic E-state index is 0.610. The first-order valence-electron chi connectivity index (χ1n) is 18.8. The fourth-order valence-electron chi connectivity index (χ4n) is 8.52. The van der Waals surface area contributed by atoms with Crippen molar-refractivity contribution in [2.24, 2.45) is 0 Å². The lowest BCUT2D eigenvalue weighted by molar-refractivity contribution is 1.07. The summed E-state index contributed by atoms with van der Waals surface area (Å²) in [5, 5.41) is 6.99. The normalized spacial score (nSPS) is 11.9. The van der Waals surface area contributed by atoms with Crippen LogP contribution in [0.25, 0.3) is 109 Å². The van der Waals surface area contributed by atoms with Gasteiger partial charge in [0.25, 0.3) is 0 Å². The Balaban J connectivity index is 1.21. The number of nitrogens with zero attached hydrogens (tertiary/aromatic N) is 7. The molecule has 0 unspecified atom stereocenters. The van der Waals surface area contributed by atoms with Gasteiger partial charge in [-0.05, 0) is 36.4 Å². The molecule has 5 aromatic heterocycles. The summed E-state index contributed by atoms with van der Waals surface area (Å²) in [6.07, 6.45) is 3.63. The van der Waals surface area contributed by atoms with E-state index in [1.54, 1.807) is 17.7 Å². The number of hydrogen-bond donors (Lipinski definition) is 0. The van der Waals surface area contributed by atoms with Gasteiger partial charge in [0.2, 0.25) is 0 Å². The van der Waals surface area contributed by atoms with Crippen molar-refractivity contribution in [1.82, 2.24) is 34.1 Å². The first kappa shape index (κ1) is 31.8. The molecule has 8 heteroatoms. The van der Waals surface area contributed by atoms with Crippen LogP contribution in [-0.2, 0) is 0 Å². The number of fused-ring (bicyclic) bond motifs is 12. The second-order valence-corrected chi connectivity index (χ2v) is 15.1. The summed E-state index contributed by atoms with van der Waals surface area (Å²) in [5.74, 6) is 1.87. The zero-order valence-electron chi connectivity index (χ0n) is 30.3. The summed E-state index contributed by atoms with van der Waals surface area (Å²) in [4.78, 5) is 25.5. The van der Waals surface area contributed by atoms with E-state index >= 15 is 0 Å². The lowest BCUT2D eigenvalue weighted by Gasteiger charge is -2.13. The minimum Gasteiger partial charge on any atom is -0.309 e. The van der Waals surface area contributed by atoms with Crippen molar-refractivity contribution in [3.05, 3.63) is 176 Å². The molecule has 0 spiro atoms. The third kappa shape index (κ3) is 4.81. The summed E-state index contributed by atoms with van der Waals surface area (Å²) in [6, 6.07) is 57.0. The molecule has 0 fully saturated rings. The van der Waals surface area contributed by atoms with E-state index < -0.39 is 0 Å². The molecule has 0 amide bonds. The molecule has 0 aliphatic heterocycles. The summed E-state index contributed by atoms with van der Waals surface area (Å²) >= 11 is 1.73. The van der Waals surface area contributed by atoms with Gasteiger partial charge >= 0.3 is 0 Å². The topological polar surface area (TPSA) is 74.3 Å². The first-order chi connectivity index (χ1) is 28.3. The van der Waals surface area contributed by atoms with Gasteiger partial charge in [-0.15, -0.1) is 11.3 Å². The number of benzene rings is 7. The number of aromatic nitrogens is 7. The van der Waals surface area contributed by atoms with Crippen LogP contribution in [0.4, 0.5) is 0 Å². The molecule has 7 nitrogen and oxygen atoms in total. The van der Waals surface area contributed by atoms with Gasteiger partial charge in [0.05, 0.1) is 26.8 Å². The SMILES string of the molecule is c1ccc(-c2nc(-c3ccccc3)nc(-c3cccc(-n4c5ccccc5c5c4c4sc6ncncc6c4c4c6ccccc6n(-c6ccccc6)c45)c3)n2)cc1. The van der Waals surface area contributed by atoms with Crippen LogP contribution in [0.1, 0.15) is 0 Å². The molecular formula is C49H29N7S. The highest BCUT2D eigenvalue weighted by Crippen LogP contribution is 2.50. The van der Waals surface area contributed by atoms with Crippen molar-refractivity contribution in [3.63, 3.8) is 0 Å². The van der Waals surface area contributed by atoms with Crippen LogP contribution >= 0.6 is 11.3 Å². The Kier molecular flexibility index (Phi) is 6.96. The van der Waals surface area contributed by atoms with E-state index in [9.17, 15) is 0 Å². The fraction of sp³-hybridized carbons (Fsp3) is 0. The molecule has 7 aromatic carbocycles. The van der Waals surface area contributed by atoms with Crippen molar-refractivity contribution in [1.29, 1.82) is 0 Å². The summed E-state index contributed by atoms with van der Waals surface area (Å²) in [6.45, 7) is 0. The molecule has 0 saturated carbocycles. The second-order valence-electron chi connectivity index (χ2n) is 14.1. The summed E-state index contributed by atoms with van der Waals surface area (Å²) in [5.41, 5.74) is 9.44. The van der Waals surface area contributed by atoms with Crippen LogP contribution in [-0.4, -0.2) is 34.1 Å². The molecule has 0 aliphatic rings. The first-order valence-corrected chi connectivity index (χ1v) is 19.7. The zero-order chi connectivity index (χ0) is 37.5. The Hall–Kier alpha value is -7.55. The van der Waals surface area contributed by atoms with Crippen LogP contribution in [0.3, 0.4) is 0 Å². The van der Waals surface area contributed by atoms with Gasteiger partial charge in [0.15, 0.2) is 17.5 Å². The third-order valence-corrected chi connectivity index (χ3v) is 12.0. The van der Waals surface area contributed by atoms with Crippen LogP contribution < -0.4 is 0 Å². The van der Waals surface area contributed by atoms with Crippen molar-refractivity contribution in [2.45, 2.75) is 0 Å². The second kappa shape index (κ2) is 12.5. The van der Waals surface area contributed by atoms with Crippen molar-refractivity contribution in [2.75, 3.05) is 0 Å². The van der Waals surface area contributed by atoms with E-state index in [1.165, 1.54) is 31.6 Å². The van der Waals surface area contributed by atoms with Gasteiger partial charge in [0.1, 0.15) is 11.2 Å². The molecule has 0 radical (unpaired) electrons. The zero-order valence-corrected chi connectivity index (χ0v) is 31.1. The predicted molar refractivity (Wildman–Crippen MR) is 233 cm³/mol. The maximum Gasteiger partial charge on any atom is 0.164 e. The number of rotatable bonds is 5. The van der Waals surface area contributed by atoms with Crippen LogP contribution in [0.5, 0.6) is 0 Å². The summed E-state index contributed by atoms with van der Waals surface area (Å²) < 4.78 is 6.03. The standard InChI is InChI=1S/C49H29N7S/c1-4-15-30(16-5-1)46-52-47(31-17-6-2-7-18-31)54-48(53-46)32-19-14-22-34(27-32)56-39-26-13-11-24-36(39)42-43-40(41-37-28-50-29-51-49(37)57-45(41)44(42)56)35-23-10-12-25-38(35)55(43)33-20-8-3-9-21-33/h1-29H. The highest BCUT2D eigenvalue weighted by Gasteiger charge is 2.27. The Morgan fingerprint density at radius 3 is 1.61 bits per heavy atom. The molecule has 0 aliphatic carbocycles. The van der Waals surface area contributed by atoms with E-state index in [1.807, 2.05) is 66.9 Å². The molecule has 266 valence electrons. The Labute approximate surface area is 329 Å². The highest BCUT2D eigenvalue weighted by atomic mass is 32.1. The van der Waals surface area contributed by atoms with Gasteiger partial charge < -0.3 is 9.13 Å². The third-order valence-electron chi connectivity index (χ3n) is 10.9. The number of hydrogen-bond acceptors (Lipinski definition) is 6. The van der Waals surface area contributed by atoms with Crippen LogP contribution in [0.2, 0.25) is 0 Å². The van der Waals surface area contributed by atoms with E-state index in [0.29, 0.717) is 17.5 Å². The smallest absolute Gasteiger partial charge is 0.164 e. The maximum atomic E-state index is 5.09. The van der Waals surface area contributed by atoms with Gasteiger partial charge in [-0.3, -0.25) is 0 Å². The Morgan fingerprint density at radius 1 is 0.421 bits per heavy atom. The molecule has 5 heterocycles. The fourth-order valence-corrected chi connectivity index (χ4v) is 9.68. The monoisotopic (exact) mass is 747 g/mol. The minimum absolute atomic E-state index is 0.610. The molecule has 12 aromatic rings.